The highest BCUT2D eigenvalue weighted by Gasteiger charge is 2.21. The Hall–Kier alpha value is -1.13. The van der Waals surface area contributed by atoms with Crippen molar-refractivity contribution >= 4 is 15.9 Å². The van der Waals surface area contributed by atoms with Gasteiger partial charge in [-0.3, -0.25) is 0 Å². The Morgan fingerprint density at radius 3 is 2.74 bits per heavy atom. The van der Waals surface area contributed by atoms with Gasteiger partial charge in [0.1, 0.15) is 5.82 Å². The first-order valence-corrected chi connectivity index (χ1v) is 7.15. The van der Waals surface area contributed by atoms with Crippen LogP contribution in [0.3, 0.4) is 0 Å². The maximum Gasteiger partial charge on any atom is 0.174 e. The van der Waals surface area contributed by atoms with Crippen LogP contribution in [0.25, 0.3) is 0 Å². The molecule has 0 aliphatic rings. The fraction of sp³-hybridized carbons (Fsp3) is 0.333. The Morgan fingerprint density at radius 1 is 1.32 bits per heavy atom. The molecule has 19 heavy (non-hydrogen) atoms. The average Bonchev–Trinajstić information content (AvgIpc) is 2.80. The summed E-state index contributed by atoms with van der Waals surface area (Å²) in [4.78, 5) is 0. The lowest BCUT2D eigenvalue weighted by molar-refractivity contribution is 0.513. The molecule has 0 bridgehead atoms. The van der Waals surface area contributed by atoms with Gasteiger partial charge < -0.3 is 9.73 Å². The molecular formula is C15H17BrFNO. The second-order valence-corrected chi connectivity index (χ2v) is 5.28. The minimum atomic E-state index is -0.202. The molecule has 4 heteroatoms. The zero-order valence-corrected chi connectivity index (χ0v) is 12.6. The molecule has 1 atom stereocenters. The van der Waals surface area contributed by atoms with Crippen LogP contribution in [0.1, 0.15) is 36.1 Å². The van der Waals surface area contributed by atoms with Crippen molar-refractivity contribution in [3.8, 4) is 0 Å². The molecule has 1 aromatic carbocycles. The van der Waals surface area contributed by atoms with Gasteiger partial charge >= 0.3 is 0 Å². The summed E-state index contributed by atoms with van der Waals surface area (Å²) in [6.45, 7) is 4.86. The van der Waals surface area contributed by atoms with Crippen LogP contribution in [-0.2, 0) is 0 Å². The number of nitrogens with one attached hydrogen (secondary N) is 1. The van der Waals surface area contributed by atoms with Gasteiger partial charge in [0.25, 0.3) is 0 Å². The van der Waals surface area contributed by atoms with Gasteiger partial charge in [-0.15, -0.1) is 0 Å². The predicted octanol–water partition coefficient (Wildman–Crippen LogP) is 4.58. The molecule has 102 valence electrons. The van der Waals surface area contributed by atoms with E-state index < -0.39 is 0 Å². The fourth-order valence-electron chi connectivity index (χ4n) is 2.07. The molecule has 1 N–H and O–H groups in total. The number of hydrogen-bond acceptors (Lipinski definition) is 2. The van der Waals surface area contributed by atoms with Crippen LogP contribution < -0.4 is 5.32 Å². The minimum absolute atomic E-state index is 0.201. The van der Waals surface area contributed by atoms with Gasteiger partial charge in [0.05, 0.1) is 12.3 Å². The molecular weight excluding hydrogens is 309 g/mol. The largest absolute Gasteiger partial charge is 0.457 e. The van der Waals surface area contributed by atoms with Gasteiger partial charge in [-0.05, 0) is 48.0 Å². The summed E-state index contributed by atoms with van der Waals surface area (Å²) in [6, 6.07) is 6.83. The van der Waals surface area contributed by atoms with Crippen LogP contribution in [-0.4, -0.2) is 6.54 Å². The summed E-state index contributed by atoms with van der Waals surface area (Å²) in [5.74, 6) is -0.202. The normalized spacial score (nSPS) is 12.6. The highest BCUT2D eigenvalue weighted by Crippen LogP contribution is 2.31. The molecule has 2 aromatic rings. The molecule has 0 aliphatic carbocycles. The summed E-state index contributed by atoms with van der Waals surface area (Å²) >= 11 is 3.37. The van der Waals surface area contributed by atoms with E-state index in [9.17, 15) is 4.39 Å². The Labute approximate surface area is 121 Å². The van der Waals surface area contributed by atoms with E-state index in [0.717, 1.165) is 24.1 Å². The highest BCUT2D eigenvalue weighted by atomic mass is 79.9. The summed E-state index contributed by atoms with van der Waals surface area (Å²) in [6.07, 6.45) is 2.59. The Bertz CT molecular complexity index is 553. The number of benzene rings is 1. The molecule has 0 fully saturated rings. The van der Waals surface area contributed by atoms with Gasteiger partial charge in [0, 0.05) is 11.1 Å². The first kappa shape index (κ1) is 14.3. The second-order valence-electron chi connectivity index (χ2n) is 4.56. The summed E-state index contributed by atoms with van der Waals surface area (Å²) in [7, 11) is 0. The zero-order chi connectivity index (χ0) is 13.8. The number of hydrogen-bond donors (Lipinski definition) is 1. The molecule has 0 spiro atoms. The lowest BCUT2D eigenvalue weighted by atomic mass is 9.98. The molecule has 0 aliphatic heterocycles. The molecule has 2 nitrogen and oxygen atoms in total. The molecule has 1 heterocycles. The van der Waals surface area contributed by atoms with Crippen LogP contribution in [0.5, 0.6) is 0 Å². The van der Waals surface area contributed by atoms with Crippen molar-refractivity contribution in [1.29, 1.82) is 0 Å². The fourth-order valence-corrected chi connectivity index (χ4v) is 2.54. The van der Waals surface area contributed by atoms with E-state index in [-0.39, 0.29) is 11.9 Å². The number of furan rings is 1. The second kappa shape index (κ2) is 6.35. The lowest BCUT2D eigenvalue weighted by Crippen LogP contribution is -2.24. The molecule has 0 amide bonds. The minimum Gasteiger partial charge on any atom is -0.457 e. The predicted molar refractivity (Wildman–Crippen MR) is 77.7 cm³/mol. The zero-order valence-electron chi connectivity index (χ0n) is 11.0. The highest BCUT2D eigenvalue weighted by molar-refractivity contribution is 9.10. The van der Waals surface area contributed by atoms with Crippen molar-refractivity contribution in [2.45, 2.75) is 26.3 Å². The van der Waals surface area contributed by atoms with E-state index in [0.29, 0.717) is 10.2 Å². The van der Waals surface area contributed by atoms with Crippen LogP contribution in [0.2, 0.25) is 0 Å². The van der Waals surface area contributed by atoms with Crippen molar-refractivity contribution in [3.05, 3.63) is 57.7 Å². The first-order chi connectivity index (χ1) is 9.13. The number of halogens is 2. The number of rotatable bonds is 5. The number of aryl methyl sites for hydroxylation is 1. The smallest absolute Gasteiger partial charge is 0.174 e. The third-order valence-corrected chi connectivity index (χ3v) is 3.66. The van der Waals surface area contributed by atoms with Crippen LogP contribution in [0.4, 0.5) is 4.39 Å². The Kier molecular flexibility index (Phi) is 4.77. The molecule has 0 radical (unpaired) electrons. The van der Waals surface area contributed by atoms with E-state index >= 15 is 0 Å². The van der Waals surface area contributed by atoms with E-state index in [4.69, 9.17) is 4.42 Å². The van der Waals surface area contributed by atoms with Gasteiger partial charge in [0.2, 0.25) is 0 Å². The van der Waals surface area contributed by atoms with Crippen molar-refractivity contribution in [2.75, 3.05) is 6.54 Å². The third kappa shape index (κ3) is 3.25. The van der Waals surface area contributed by atoms with Crippen molar-refractivity contribution in [2.24, 2.45) is 0 Å². The summed E-state index contributed by atoms with van der Waals surface area (Å²) in [5, 5.41) is 3.37. The van der Waals surface area contributed by atoms with Gasteiger partial charge in [-0.25, -0.2) is 4.39 Å². The van der Waals surface area contributed by atoms with Crippen molar-refractivity contribution < 1.29 is 8.81 Å². The monoisotopic (exact) mass is 325 g/mol. The topological polar surface area (TPSA) is 25.2 Å². The quantitative estimate of drug-likeness (QED) is 0.870. The van der Waals surface area contributed by atoms with Crippen LogP contribution >= 0.6 is 15.9 Å². The molecule has 2 rings (SSSR count). The molecule has 1 unspecified atom stereocenters. The Morgan fingerprint density at radius 2 is 2.11 bits per heavy atom. The van der Waals surface area contributed by atoms with Crippen LogP contribution in [0, 0.1) is 12.7 Å². The summed E-state index contributed by atoms with van der Waals surface area (Å²) < 4.78 is 20.0. The standard InChI is InChI=1S/C15H17BrFNO/c1-3-7-18-14(11-6-8-19-15(11)16)12-9-10(2)4-5-13(12)17/h4-6,8-9,14,18H,3,7H2,1-2H3. The van der Waals surface area contributed by atoms with Crippen molar-refractivity contribution in [3.63, 3.8) is 0 Å². The van der Waals surface area contributed by atoms with E-state index in [1.807, 2.05) is 19.1 Å². The first-order valence-electron chi connectivity index (χ1n) is 6.35. The maximum absolute atomic E-state index is 14.1. The third-order valence-electron chi connectivity index (χ3n) is 3.02. The average molecular weight is 326 g/mol. The van der Waals surface area contributed by atoms with E-state index in [2.05, 4.69) is 28.2 Å². The maximum atomic E-state index is 14.1. The van der Waals surface area contributed by atoms with E-state index in [1.54, 1.807) is 12.3 Å². The lowest BCUT2D eigenvalue weighted by Gasteiger charge is -2.19. The van der Waals surface area contributed by atoms with Crippen LogP contribution in [0.15, 0.2) is 39.6 Å². The summed E-state index contributed by atoms with van der Waals surface area (Å²) in [5.41, 5.74) is 2.60. The molecule has 1 aromatic heterocycles. The Balaban J connectivity index is 2.42. The van der Waals surface area contributed by atoms with Crippen molar-refractivity contribution in [1.82, 2.24) is 5.32 Å². The van der Waals surface area contributed by atoms with Gasteiger partial charge in [-0.1, -0.05) is 24.6 Å². The van der Waals surface area contributed by atoms with Gasteiger partial charge in [0.15, 0.2) is 4.67 Å². The molecule has 0 saturated heterocycles. The van der Waals surface area contributed by atoms with E-state index in [1.165, 1.54) is 6.07 Å². The molecule has 0 saturated carbocycles. The van der Waals surface area contributed by atoms with Gasteiger partial charge in [-0.2, -0.15) is 0 Å². The SMILES string of the molecule is CCCNC(c1cc(C)ccc1F)c1ccoc1Br.